The van der Waals surface area contributed by atoms with E-state index in [0.717, 1.165) is 5.56 Å². The van der Waals surface area contributed by atoms with E-state index < -0.39 is 5.97 Å². The summed E-state index contributed by atoms with van der Waals surface area (Å²) in [4.78, 5) is 11.5. The first-order chi connectivity index (χ1) is 11.6. The fourth-order valence-electron chi connectivity index (χ4n) is 2.39. The number of hydrogen-bond acceptors (Lipinski definition) is 4. The molecule has 1 heterocycles. The molecular weight excluding hydrogens is 330 g/mol. The van der Waals surface area contributed by atoms with E-state index in [9.17, 15) is 9.90 Å². The number of hydrogen-bond donors (Lipinski definition) is 1. The second kappa shape index (κ2) is 6.72. The molecule has 0 bridgehead atoms. The molecule has 6 nitrogen and oxygen atoms in total. The normalized spacial score (nSPS) is 10.6. The third-order valence-electron chi connectivity index (χ3n) is 3.58. The number of carboxylic acids is 1. The summed E-state index contributed by atoms with van der Waals surface area (Å²) >= 11 is 6.19. The first kappa shape index (κ1) is 16.0. The van der Waals surface area contributed by atoms with E-state index in [0.29, 0.717) is 28.6 Å². The molecule has 7 heteroatoms. The molecule has 24 heavy (non-hydrogen) atoms. The Labute approximate surface area is 143 Å². The molecule has 0 saturated heterocycles. The van der Waals surface area contributed by atoms with Gasteiger partial charge in [0.25, 0.3) is 0 Å². The smallest absolute Gasteiger partial charge is 0.358 e. The predicted molar refractivity (Wildman–Crippen MR) is 89.5 cm³/mol. The standard InChI is InChI=1S/C17H14ClN3O3/c1-24-13-8-6-11(7-9-13)16-15(17(22)23)19-20-21(16)10-12-4-2-3-5-14(12)18/h2-9H,10H2,1H3,(H,22,23). The van der Waals surface area contributed by atoms with Crippen molar-refractivity contribution in [1.82, 2.24) is 15.0 Å². The average molecular weight is 344 g/mol. The van der Waals surface area contributed by atoms with Crippen molar-refractivity contribution in [2.75, 3.05) is 7.11 Å². The van der Waals surface area contributed by atoms with Gasteiger partial charge in [0, 0.05) is 10.6 Å². The Morgan fingerprint density at radius 1 is 1.21 bits per heavy atom. The molecule has 3 aromatic rings. The fraction of sp³-hybridized carbons (Fsp3) is 0.118. The number of nitrogens with zero attached hydrogens (tertiary/aromatic N) is 3. The maximum atomic E-state index is 11.5. The largest absolute Gasteiger partial charge is 0.497 e. The van der Waals surface area contributed by atoms with Gasteiger partial charge in [-0.15, -0.1) is 5.10 Å². The Kier molecular flexibility index (Phi) is 4.48. The van der Waals surface area contributed by atoms with Crippen molar-refractivity contribution >= 4 is 17.6 Å². The van der Waals surface area contributed by atoms with E-state index in [-0.39, 0.29) is 5.69 Å². The molecule has 0 saturated carbocycles. The van der Waals surface area contributed by atoms with Gasteiger partial charge in [0.2, 0.25) is 0 Å². The number of carboxylic acid groups (broad SMARTS) is 1. The molecule has 0 fully saturated rings. The Morgan fingerprint density at radius 2 is 1.92 bits per heavy atom. The SMILES string of the molecule is COc1ccc(-c2c(C(=O)O)nnn2Cc2ccccc2Cl)cc1. The number of methoxy groups -OCH3 is 1. The second-order valence-electron chi connectivity index (χ2n) is 5.07. The number of aromatic carboxylic acids is 1. The highest BCUT2D eigenvalue weighted by molar-refractivity contribution is 6.31. The van der Waals surface area contributed by atoms with E-state index in [4.69, 9.17) is 16.3 Å². The minimum atomic E-state index is -1.13. The zero-order valence-corrected chi connectivity index (χ0v) is 13.6. The molecule has 0 aliphatic carbocycles. The summed E-state index contributed by atoms with van der Waals surface area (Å²) < 4.78 is 6.67. The number of halogens is 1. The molecule has 0 unspecified atom stereocenters. The van der Waals surface area contributed by atoms with Crippen LogP contribution in [-0.4, -0.2) is 33.2 Å². The second-order valence-corrected chi connectivity index (χ2v) is 5.48. The lowest BCUT2D eigenvalue weighted by Gasteiger charge is -2.09. The van der Waals surface area contributed by atoms with Crippen molar-refractivity contribution in [3.63, 3.8) is 0 Å². The van der Waals surface area contributed by atoms with Gasteiger partial charge < -0.3 is 9.84 Å². The zero-order valence-electron chi connectivity index (χ0n) is 12.8. The van der Waals surface area contributed by atoms with Crippen molar-refractivity contribution in [2.45, 2.75) is 6.54 Å². The van der Waals surface area contributed by atoms with Crippen LogP contribution >= 0.6 is 11.6 Å². The average Bonchev–Trinajstić information content (AvgIpc) is 3.01. The zero-order chi connectivity index (χ0) is 17.1. The molecule has 0 atom stereocenters. The van der Waals surface area contributed by atoms with Gasteiger partial charge in [0.1, 0.15) is 11.4 Å². The van der Waals surface area contributed by atoms with Crippen molar-refractivity contribution in [2.24, 2.45) is 0 Å². The lowest BCUT2D eigenvalue weighted by molar-refractivity contribution is 0.0691. The fourth-order valence-corrected chi connectivity index (χ4v) is 2.59. The Balaban J connectivity index is 2.07. The van der Waals surface area contributed by atoms with E-state index in [2.05, 4.69) is 10.3 Å². The van der Waals surface area contributed by atoms with Crippen LogP contribution in [0.5, 0.6) is 5.75 Å². The first-order valence-corrected chi connectivity index (χ1v) is 7.52. The quantitative estimate of drug-likeness (QED) is 0.768. The number of carbonyl (C=O) groups is 1. The van der Waals surface area contributed by atoms with E-state index in [1.54, 1.807) is 37.4 Å². The van der Waals surface area contributed by atoms with Crippen LogP contribution in [0.1, 0.15) is 16.1 Å². The minimum Gasteiger partial charge on any atom is -0.497 e. The van der Waals surface area contributed by atoms with Crippen LogP contribution in [0.2, 0.25) is 5.02 Å². The van der Waals surface area contributed by atoms with Crippen molar-refractivity contribution in [1.29, 1.82) is 0 Å². The highest BCUT2D eigenvalue weighted by Gasteiger charge is 2.21. The number of ether oxygens (including phenoxy) is 1. The van der Waals surface area contributed by atoms with Crippen molar-refractivity contribution in [3.8, 4) is 17.0 Å². The Bertz CT molecular complexity index is 875. The van der Waals surface area contributed by atoms with E-state index >= 15 is 0 Å². The minimum absolute atomic E-state index is 0.104. The summed E-state index contributed by atoms with van der Waals surface area (Å²) in [5.41, 5.74) is 1.83. The molecule has 2 aromatic carbocycles. The molecular formula is C17H14ClN3O3. The summed E-state index contributed by atoms with van der Waals surface area (Å²) in [6.07, 6.45) is 0. The molecule has 0 aliphatic heterocycles. The van der Waals surface area contributed by atoms with Crippen LogP contribution in [0, 0.1) is 0 Å². The number of benzene rings is 2. The maximum absolute atomic E-state index is 11.5. The summed E-state index contributed by atoms with van der Waals surface area (Å²) in [5.74, 6) is -0.452. The highest BCUT2D eigenvalue weighted by Crippen LogP contribution is 2.26. The van der Waals surface area contributed by atoms with Gasteiger partial charge in [-0.1, -0.05) is 35.0 Å². The molecule has 122 valence electrons. The Morgan fingerprint density at radius 3 is 2.54 bits per heavy atom. The van der Waals surface area contributed by atoms with Crippen LogP contribution in [0.25, 0.3) is 11.3 Å². The van der Waals surface area contributed by atoms with Crippen molar-refractivity contribution < 1.29 is 14.6 Å². The summed E-state index contributed by atoms with van der Waals surface area (Å²) in [5, 5.41) is 17.8. The highest BCUT2D eigenvalue weighted by atomic mass is 35.5. The lowest BCUT2D eigenvalue weighted by atomic mass is 10.1. The number of rotatable bonds is 5. The van der Waals surface area contributed by atoms with Crippen molar-refractivity contribution in [3.05, 3.63) is 64.8 Å². The molecule has 0 radical (unpaired) electrons. The predicted octanol–water partition coefficient (Wildman–Crippen LogP) is 3.35. The third-order valence-corrected chi connectivity index (χ3v) is 3.95. The van der Waals surface area contributed by atoms with Gasteiger partial charge in [-0.2, -0.15) is 0 Å². The van der Waals surface area contributed by atoms with Gasteiger partial charge in [-0.3, -0.25) is 0 Å². The van der Waals surface area contributed by atoms with E-state index in [1.165, 1.54) is 4.68 Å². The van der Waals surface area contributed by atoms with Crippen LogP contribution in [0.3, 0.4) is 0 Å². The molecule has 1 aromatic heterocycles. The first-order valence-electron chi connectivity index (χ1n) is 7.14. The lowest BCUT2D eigenvalue weighted by Crippen LogP contribution is -2.06. The van der Waals surface area contributed by atoms with Gasteiger partial charge in [-0.25, -0.2) is 9.48 Å². The Hall–Kier alpha value is -2.86. The van der Waals surface area contributed by atoms with Gasteiger partial charge >= 0.3 is 5.97 Å². The third kappa shape index (κ3) is 3.09. The molecule has 1 N–H and O–H groups in total. The van der Waals surface area contributed by atoms with Crippen LogP contribution in [-0.2, 0) is 6.54 Å². The monoisotopic (exact) mass is 343 g/mol. The van der Waals surface area contributed by atoms with Crippen LogP contribution < -0.4 is 4.74 Å². The van der Waals surface area contributed by atoms with Gasteiger partial charge in [0.15, 0.2) is 5.69 Å². The van der Waals surface area contributed by atoms with E-state index in [1.807, 2.05) is 18.2 Å². The molecule has 0 aliphatic rings. The summed E-state index contributed by atoms with van der Waals surface area (Å²) in [7, 11) is 1.57. The summed E-state index contributed by atoms with van der Waals surface area (Å²) in [6.45, 7) is 0.321. The molecule has 3 rings (SSSR count). The summed E-state index contributed by atoms with van der Waals surface area (Å²) in [6, 6.07) is 14.4. The van der Waals surface area contributed by atoms with Crippen LogP contribution in [0.4, 0.5) is 0 Å². The maximum Gasteiger partial charge on any atom is 0.358 e. The number of aromatic nitrogens is 3. The van der Waals surface area contributed by atoms with Crippen LogP contribution in [0.15, 0.2) is 48.5 Å². The topological polar surface area (TPSA) is 77.2 Å². The molecule has 0 amide bonds. The van der Waals surface area contributed by atoms with Gasteiger partial charge in [0.05, 0.1) is 13.7 Å². The van der Waals surface area contributed by atoms with Gasteiger partial charge in [-0.05, 0) is 35.9 Å². The molecule has 0 spiro atoms.